The van der Waals surface area contributed by atoms with Crippen LogP contribution in [0.25, 0.3) is 10.8 Å². The lowest BCUT2D eigenvalue weighted by Crippen LogP contribution is -2.47. The van der Waals surface area contributed by atoms with Crippen molar-refractivity contribution in [1.82, 2.24) is 4.90 Å². The van der Waals surface area contributed by atoms with Crippen molar-refractivity contribution in [2.45, 2.75) is 32.7 Å². The Morgan fingerprint density at radius 1 is 1.15 bits per heavy atom. The number of nitrogens with zero attached hydrogens (tertiary/aromatic N) is 1. The molecule has 0 saturated carbocycles. The maximum Gasteiger partial charge on any atom is 0.309 e. The van der Waals surface area contributed by atoms with Crippen LogP contribution in [0, 0.1) is 5.92 Å². The molecular weight excluding hydrogens is 328 g/mol. The van der Waals surface area contributed by atoms with E-state index in [1.54, 1.807) is 0 Å². The largest absolute Gasteiger partial charge is 0.466 e. The average Bonchev–Trinajstić information content (AvgIpc) is 2.67. The van der Waals surface area contributed by atoms with Crippen LogP contribution in [0.1, 0.15) is 26.7 Å². The summed E-state index contributed by atoms with van der Waals surface area (Å²) in [4.78, 5) is 26.6. The number of nitrogens with one attached hydrogen (secondary N) is 1. The number of amides is 1. The van der Waals surface area contributed by atoms with Gasteiger partial charge in [-0.3, -0.25) is 14.5 Å². The molecule has 1 N–H and O–H groups in total. The van der Waals surface area contributed by atoms with Gasteiger partial charge in [-0.05, 0) is 62.7 Å². The minimum Gasteiger partial charge on any atom is -0.466 e. The van der Waals surface area contributed by atoms with E-state index in [4.69, 9.17) is 4.74 Å². The van der Waals surface area contributed by atoms with Crippen LogP contribution in [-0.4, -0.2) is 42.5 Å². The zero-order valence-corrected chi connectivity index (χ0v) is 15.4. The number of anilines is 1. The molecule has 2 aromatic carbocycles. The van der Waals surface area contributed by atoms with E-state index < -0.39 is 0 Å². The van der Waals surface area contributed by atoms with Gasteiger partial charge in [0, 0.05) is 5.69 Å². The molecule has 1 heterocycles. The fourth-order valence-electron chi connectivity index (χ4n) is 3.46. The molecule has 26 heavy (non-hydrogen) atoms. The highest BCUT2D eigenvalue weighted by Gasteiger charge is 2.30. The van der Waals surface area contributed by atoms with Crippen LogP contribution in [0.15, 0.2) is 42.5 Å². The van der Waals surface area contributed by atoms with Gasteiger partial charge in [-0.2, -0.15) is 0 Å². The number of carbonyl (C=O) groups is 2. The summed E-state index contributed by atoms with van der Waals surface area (Å²) < 4.78 is 5.10. The molecule has 1 saturated heterocycles. The Bertz CT molecular complexity index is 782. The Morgan fingerprint density at radius 2 is 1.85 bits per heavy atom. The van der Waals surface area contributed by atoms with Crippen molar-refractivity contribution in [3.05, 3.63) is 42.5 Å². The van der Waals surface area contributed by atoms with E-state index >= 15 is 0 Å². The van der Waals surface area contributed by atoms with Crippen molar-refractivity contribution in [2.75, 3.05) is 25.0 Å². The highest BCUT2D eigenvalue weighted by atomic mass is 16.5. The van der Waals surface area contributed by atoms with Crippen LogP contribution in [0.4, 0.5) is 5.69 Å². The molecular formula is C21H26N2O3. The van der Waals surface area contributed by atoms with Gasteiger partial charge in [0.15, 0.2) is 0 Å². The van der Waals surface area contributed by atoms with Gasteiger partial charge >= 0.3 is 5.97 Å². The minimum absolute atomic E-state index is 0.0186. The third kappa shape index (κ3) is 4.22. The first-order valence-electron chi connectivity index (χ1n) is 9.29. The van der Waals surface area contributed by atoms with Gasteiger partial charge in [-0.25, -0.2) is 0 Å². The second kappa shape index (κ2) is 8.32. The van der Waals surface area contributed by atoms with Crippen molar-refractivity contribution in [3.8, 4) is 0 Å². The van der Waals surface area contributed by atoms with Crippen molar-refractivity contribution < 1.29 is 14.3 Å². The van der Waals surface area contributed by atoms with Gasteiger partial charge < -0.3 is 10.1 Å². The summed E-state index contributed by atoms with van der Waals surface area (Å²) in [6.07, 6.45) is 1.48. The van der Waals surface area contributed by atoms with Crippen LogP contribution in [0.3, 0.4) is 0 Å². The van der Waals surface area contributed by atoms with E-state index in [1.165, 1.54) is 0 Å². The fourth-order valence-corrected chi connectivity index (χ4v) is 3.46. The molecule has 1 atom stereocenters. The molecule has 1 amide bonds. The number of hydrogen-bond donors (Lipinski definition) is 1. The summed E-state index contributed by atoms with van der Waals surface area (Å²) in [6, 6.07) is 13.8. The molecule has 1 aliphatic heterocycles. The molecule has 2 aromatic rings. The molecule has 0 bridgehead atoms. The first-order valence-corrected chi connectivity index (χ1v) is 9.29. The molecule has 0 aromatic heterocycles. The first-order chi connectivity index (χ1) is 12.6. The van der Waals surface area contributed by atoms with E-state index in [-0.39, 0.29) is 23.8 Å². The Labute approximate surface area is 154 Å². The summed E-state index contributed by atoms with van der Waals surface area (Å²) in [7, 11) is 0. The molecule has 1 fully saturated rings. The van der Waals surface area contributed by atoms with E-state index in [9.17, 15) is 9.59 Å². The van der Waals surface area contributed by atoms with Gasteiger partial charge in [0.05, 0.1) is 18.6 Å². The number of fused-ring (bicyclic) bond motifs is 1. The predicted molar refractivity (Wildman–Crippen MR) is 103 cm³/mol. The lowest BCUT2D eigenvalue weighted by atomic mass is 9.96. The van der Waals surface area contributed by atoms with Crippen LogP contribution in [0.2, 0.25) is 0 Å². The summed E-state index contributed by atoms with van der Waals surface area (Å²) in [6.45, 7) is 5.63. The molecule has 0 aliphatic carbocycles. The highest BCUT2D eigenvalue weighted by molar-refractivity contribution is 5.97. The Balaban J connectivity index is 1.57. The number of ether oxygens (including phenoxy) is 1. The van der Waals surface area contributed by atoms with Crippen LogP contribution < -0.4 is 5.32 Å². The molecule has 138 valence electrons. The number of hydrogen-bond acceptors (Lipinski definition) is 4. The molecule has 5 nitrogen and oxygen atoms in total. The Morgan fingerprint density at radius 3 is 2.54 bits per heavy atom. The summed E-state index contributed by atoms with van der Waals surface area (Å²) in [5.74, 6) is -0.169. The van der Waals surface area contributed by atoms with Crippen molar-refractivity contribution in [2.24, 2.45) is 5.92 Å². The quantitative estimate of drug-likeness (QED) is 0.836. The number of carbonyl (C=O) groups excluding carboxylic acids is 2. The van der Waals surface area contributed by atoms with Crippen LogP contribution in [-0.2, 0) is 14.3 Å². The number of benzene rings is 2. The zero-order valence-electron chi connectivity index (χ0n) is 15.4. The monoisotopic (exact) mass is 354 g/mol. The normalized spacial score (nSPS) is 17.0. The Hall–Kier alpha value is -2.40. The molecule has 0 unspecified atom stereocenters. The molecule has 5 heteroatoms. The van der Waals surface area contributed by atoms with Gasteiger partial charge in [-0.1, -0.05) is 30.3 Å². The van der Waals surface area contributed by atoms with Gasteiger partial charge in [0.1, 0.15) is 0 Å². The third-order valence-electron chi connectivity index (χ3n) is 5.09. The van der Waals surface area contributed by atoms with Gasteiger partial charge in [0.25, 0.3) is 0 Å². The number of piperidine rings is 1. The summed E-state index contributed by atoms with van der Waals surface area (Å²) >= 11 is 0. The standard InChI is InChI=1S/C21H26N2O3/c1-3-26-21(25)17-10-12-23(13-11-17)15(2)20(24)22-19-9-8-16-6-4-5-7-18(16)14-19/h4-9,14-15,17H,3,10-13H2,1-2H3,(H,22,24)/t15-/m0/s1. The van der Waals surface area contributed by atoms with E-state index in [0.29, 0.717) is 6.61 Å². The number of likely N-dealkylation sites (tertiary alicyclic amines) is 1. The fraction of sp³-hybridized carbons (Fsp3) is 0.429. The molecule has 1 aliphatic rings. The second-order valence-electron chi connectivity index (χ2n) is 6.79. The van der Waals surface area contributed by atoms with Gasteiger partial charge in [0.2, 0.25) is 5.91 Å². The van der Waals surface area contributed by atoms with Crippen LogP contribution >= 0.6 is 0 Å². The van der Waals surface area contributed by atoms with Crippen molar-refractivity contribution in [1.29, 1.82) is 0 Å². The van der Waals surface area contributed by atoms with E-state index in [1.807, 2.05) is 50.2 Å². The topological polar surface area (TPSA) is 58.6 Å². The number of rotatable bonds is 5. The predicted octanol–water partition coefficient (Wildman–Crippen LogP) is 3.44. The third-order valence-corrected chi connectivity index (χ3v) is 5.09. The minimum atomic E-state index is -0.232. The Kier molecular flexibility index (Phi) is 5.89. The first kappa shape index (κ1) is 18.4. The van der Waals surface area contributed by atoms with Crippen LogP contribution in [0.5, 0.6) is 0 Å². The highest BCUT2D eigenvalue weighted by Crippen LogP contribution is 2.22. The second-order valence-corrected chi connectivity index (χ2v) is 6.79. The number of esters is 1. The maximum atomic E-state index is 12.6. The lowest BCUT2D eigenvalue weighted by molar-refractivity contribution is -0.149. The smallest absolute Gasteiger partial charge is 0.309 e. The molecule has 0 spiro atoms. The molecule has 3 rings (SSSR count). The SMILES string of the molecule is CCOC(=O)C1CCN([C@@H](C)C(=O)Nc2ccc3ccccc3c2)CC1. The summed E-state index contributed by atoms with van der Waals surface area (Å²) in [5, 5.41) is 5.27. The zero-order chi connectivity index (χ0) is 18.5. The molecule has 0 radical (unpaired) electrons. The van der Waals surface area contributed by atoms with Crippen molar-refractivity contribution >= 4 is 28.3 Å². The maximum absolute atomic E-state index is 12.6. The van der Waals surface area contributed by atoms with Crippen molar-refractivity contribution in [3.63, 3.8) is 0 Å². The van der Waals surface area contributed by atoms with E-state index in [2.05, 4.69) is 16.3 Å². The lowest BCUT2D eigenvalue weighted by Gasteiger charge is -2.34. The van der Waals surface area contributed by atoms with Gasteiger partial charge in [-0.15, -0.1) is 0 Å². The average molecular weight is 354 g/mol. The van der Waals surface area contributed by atoms with E-state index in [0.717, 1.165) is 42.4 Å². The summed E-state index contributed by atoms with van der Waals surface area (Å²) in [5.41, 5.74) is 0.807.